The molecule has 1 atom stereocenters. The first kappa shape index (κ1) is 15.7. The standard InChI is InChI=1S/C16H23N5O2/c1-11-9-12(2)21(17-11)10-13-5-4-8-20(13)16(23)14-6-7-15(22)19(3)18-14/h9,13H,4-8,10H2,1-3H3. The summed E-state index contributed by atoms with van der Waals surface area (Å²) in [4.78, 5) is 26.2. The molecular weight excluding hydrogens is 294 g/mol. The van der Waals surface area contributed by atoms with Crippen LogP contribution in [-0.2, 0) is 16.1 Å². The second-order valence-corrected chi connectivity index (χ2v) is 6.37. The maximum absolute atomic E-state index is 12.8. The van der Waals surface area contributed by atoms with Gasteiger partial charge in [0.1, 0.15) is 5.71 Å². The Bertz CT molecular complexity index is 663. The average molecular weight is 317 g/mol. The van der Waals surface area contributed by atoms with Crippen LogP contribution in [0, 0.1) is 13.8 Å². The predicted octanol–water partition coefficient (Wildman–Crippen LogP) is 1.10. The van der Waals surface area contributed by atoms with E-state index in [0.717, 1.165) is 30.8 Å². The number of amides is 2. The van der Waals surface area contributed by atoms with Crippen LogP contribution < -0.4 is 0 Å². The lowest BCUT2D eigenvalue weighted by Gasteiger charge is -2.27. The van der Waals surface area contributed by atoms with E-state index in [-0.39, 0.29) is 17.9 Å². The SMILES string of the molecule is Cc1cc(C)n(CC2CCCN2C(=O)C2=NN(C)C(=O)CC2)n1. The molecule has 0 radical (unpaired) electrons. The fourth-order valence-electron chi connectivity index (χ4n) is 3.34. The number of hydrogen-bond acceptors (Lipinski definition) is 4. The Morgan fingerprint density at radius 1 is 1.35 bits per heavy atom. The molecule has 1 fully saturated rings. The number of hydrazone groups is 1. The molecule has 0 N–H and O–H groups in total. The van der Waals surface area contributed by atoms with E-state index in [1.807, 2.05) is 29.5 Å². The van der Waals surface area contributed by atoms with Crippen LogP contribution >= 0.6 is 0 Å². The quantitative estimate of drug-likeness (QED) is 0.838. The van der Waals surface area contributed by atoms with Gasteiger partial charge in [-0.3, -0.25) is 14.3 Å². The van der Waals surface area contributed by atoms with Gasteiger partial charge in [0, 0.05) is 32.1 Å². The number of nitrogens with zero attached hydrogens (tertiary/aromatic N) is 5. The Balaban J connectivity index is 1.74. The minimum atomic E-state index is -0.0397. The minimum Gasteiger partial charge on any atom is -0.333 e. The molecule has 7 heteroatoms. The Hall–Kier alpha value is -2.18. The molecule has 124 valence electrons. The number of carbonyl (C=O) groups is 2. The van der Waals surface area contributed by atoms with Gasteiger partial charge in [-0.05, 0) is 32.8 Å². The Labute approximate surface area is 135 Å². The van der Waals surface area contributed by atoms with Crippen LogP contribution in [0.2, 0.25) is 0 Å². The molecule has 2 aliphatic rings. The van der Waals surface area contributed by atoms with Gasteiger partial charge in [-0.1, -0.05) is 0 Å². The second kappa shape index (κ2) is 6.14. The summed E-state index contributed by atoms with van der Waals surface area (Å²) in [5.41, 5.74) is 2.60. The first-order valence-electron chi connectivity index (χ1n) is 8.12. The maximum Gasteiger partial charge on any atom is 0.270 e. The lowest BCUT2D eigenvalue weighted by atomic mass is 10.1. The van der Waals surface area contributed by atoms with Crippen molar-refractivity contribution in [3.63, 3.8) is 0 Å². The number of likely N-dealkylation sites (tertiary alicyclic amines) is 1. The van der Waals surface area contributed by atoms with Crippen molar-refractivity contribution in [1.82, 2.24) is 19.7 Å². The summed E-state index contributed by atoms with van der Waals surface area (Å²) < 4.78 is 1.98. The highest BCUT2D eigenvalue weighted by molar-refractivity contribution is 6.39. The summed E-state index contributed by atoms with van der Waals surface area (Å²) in [6, 6.07) is 2.19. The van der Waals surface area contributed by atoms with E-state index >= 15 is 0 Å². The van der Waals surface area contributed by atoms with Gasteiger partial charge in [0.15, 0.2) is 0 Å². The van der Waals surface area contributed by atoms with E-state index in [2.05, 4.69) is 10.2 Å². The summed E-state index contributed by atoms with van der Waals surface area (Å²) in [5.74, 6) is -0.0736. The Kier molecular flexibility index (Phi) is 4.19. The van der Waals surface area contributed by atoms with Crippen molar-refractivity contribution in [2.45, 2.75) is 52.1 Å². The highest BCUT2D eigenvalue weighted by Crippen LogP contribution is 2.21. The summed E-state index contributed by atoms with van der Waals surface area (Å²) >= 11 is 0. The number of aromatic nitrogens is 2. The first-order valence-corrected chi connectivity index (χ1v) is 8.12. The summed E-state index contributed by atoms with van der Waals surface area (Å²) in [5, 5.41) is 9.94. The van der Waals surface area contributed by atoms with Crippen LogP contribution in [0.4, 0.5) is 0 Å². The van der Waals surface area contributed by atoms with Crippen molar-refractivity contribution >= 4 is 17.5 Å². The van der Waals surface area contributed by atoms with Crippen LogP contribution in [0.15, 0.2) is 11.2 Å². The van der Waals surface area contributed by atoms with Crippen LogP contribution in [0.25, 0.3) is 0 Å². The molecule has 7 nitrogen and oxygen atoms in total. The molecule has 1 unspecified atom stereocenters. The monoisotopic (exact) mass is 317 g/mol. The van der Waals surface area contributed by atoms with E-state index in [9.17, 15) is 9.59 Å². The normalized spacial score (nSPS) is 21.8. The highest BCUT2D eigenvalue weighted by atomic mass is 16.2. The maximum atomic E-state index is 12.8. The summed E-state index contributed by atoms with van der Waals surface area (Å²) in [6.45, 7) is 5.48. The zero-order valence-electron chi connectivity index (χ0n) is 13.9. The minimum absolute atomic E-state index is 0.0339. The van der Waals surface area contributed by atoms with Crippen LogP contribution in [0.5, 0.6) is 0 Å². The number of aryl methyl sites for hydroxylation is 2. The predicted molar refractivity (Wildman–Crippen MR) is 85.9 cm³/mol. The zero-order valence-corrected chi connectivity index (χ0v) is 13.9. The smallest absolute Gasteiger partial charge is 0.270 e. The fraction of sp³-hybridized carbons (Fsp3) is 0.625. The molecule has 2 amide bonds. The molecule has 1 aromatic heterocycles. The largest absolute Gasteiger partial charge is 0.333 e. The van der Waals surface area contributed by atoms with Crippen LogP contribution in [0.3, 0.4) is 0 Å². The summed E-state index contributed by atoms with van der Waals surface area (Å²) in [6.07, 6.45) is 2.77. The Morgan fingerprint density at radius 2 is 2.13 bits per heavy atom. The van der Waals surface area contributed by atoms with Crippen LogP contribution in [0.1, 0.15) is 37.1 Å². The molecular formula is C16H23N5O2. The van der Waals surface area contributed by atoms with Gasteiger partial charge in [0.2, 0.25) is 5.91 Å². The van der Waals surface area contributed by atoms with Crippen molar-refractivity contribution in [1.29, 1.82) is 0 Å². The van der Waals surface area contributed by atoms with E-state index in [1.54, 1.807) is 7.05 Å². The molecule has 0 spiro atoms. The topological polar surface area (TPSA) is 70.8 Å². The van der Waals surface area contributed by atoms with Crippen molar-refractivity contribution in [2.75, 3.05) is 13.6 Å². The molecule has 0 bridgehead atoms. The van der Waals surface area contributed by atoms with E-state index in [4.69, 9.17) is 0 Å². The fourth-order valence-corrected chi connectivity index (χ4v) is 3.34. The van der Waals surface area contributed by atoms with Gasteiger partial charge in [-0.15, -0.1) is 0 Å². The van der Waals surface area contributed by atoms with E-state index in [1.165, 1.54) is 5.01 Å². The lowest BCUT2D eigenvalue weighted by molar-refractivity contribution is -0.130. The first-order chi connectivity index (χ1) is 11.0. The molecule has 23 heavy (non-hydrogen) atoms. The molecule has 3 heterocycles. The van der Waals surface area contributed by atoms with Gasteiger partial charge in [0.05, 0.1) is 18.3 Å². The van der Waals surface area contributed by atoms with Gasteiger partial charge in [-0.25, -0.2) is 5.01 Å². The van der Waals surface area contributed by atoms with Crippen LogP contribution in [-0.4, -0.2) is 56.8 Å². The lowest BCUT2D eigenvalue weighted by Crippen LogP contribution is -2.44. The second-order valence-electron chi connectivity index (χ2n) is 6.37. The molecule has 2 aliphatic heterocycles. The van der Waals surface area contributed by atoms with E-state index in [0.29, 0.717) is 25.1 Å². The average Bonchev–Trinajstić information content (AvgIpc) is 3.08. The molecule has 3 rings (SSSR count). The molecule has 1 saturated heterocycles. The molecule has 0 saturated carbocycles. The van der Waals surface area contributed by atoms with Crippen molar-refractivity contribution in [3.8, 4) is 0 Å². The molecule has 1 aromatic rings. The number of hydrogen-bond donors (Lipinski definition) is 0. The molecule has 0 aromatic carbocycles. The van der Waals surface area contributed by atoms with Gasteiger partial charge in [-0.2, -0.15) is 10.2 Å². The number of carbonyl (C=O) groups excluding carboxylic acids is 2. The van der Waals surface area contributed by atoms with Gasteiger partial charge in [0.25, 0.3) is 5.91 Å². The third-order valence-electron chi connectivity index (χ3n) is 4.58. The van der Waals surface area contributed by atoms with Gasteiger partial charge >= 0.3 is 0 Å². The third kappa shape index (κ3) is 3.13. The van der Waals surface area contributed by atoms with Crippen molar-refractivity contribution in [2.24, 2.45) is 5.10 Å². The highest BCUT2D eigenvalue weighted by Gasteiger charge is 2.33. The van der Waals surface area contributed by atoms with Crippen molar-refractivity contribution < 1.29 is 9.59 Å². The molecule has 0 aliphatic carbocycles. The zero-order chi connectivity index (χ0) is 16.6. The Morgan fingerprint density at radius 3 is 2.78 bits per heavy atom. The summed E-state index contributed by atoms with van der Waals surface area (Å²) in [7, 11) is 1.60. The number of rotatable bonds is 3. The third-order valence-corrected chi connectivity index (χ3v) is 4.58. The van der Waals surface area contributed by atoms with Crippen molar-refractivity contribution in [3.05, 3.63) is 17.5 Å². The van der Waals surface area contributed by atoms with E-state index < -0.39 is 0 Å². The van der Waals surface area contributed by atoms with Gasteiger partial charge < -0.3 is 4.90 Å².